The Morgan fingerprint density at radius 2 is 0.740 bits per heavy atom. The summed E-state index contributed by atoms with van der Waals surface area (Å²) in [5.74, 6) is -2.00. The van der Waals surface area contributed by atoms with E-state index < -0.39 is 24.3 Å². The van der Waals surface area contributed by atoms with E-state index in [9.17, 15) is 19.5 Å². The molecule has 0 saturated carbocycles. The number of carbonyl (C=O) groups is 3. The van der Waals surface area contributed by atoms with E-state index >= 15 is 0 Å². The van der Waals surface area contributed by atoms with Gasteiger partial charge in [-0.2, -0.15) is 0 Å². The maximum atomic E-state index is 12.9. The SMILES string of the molecule is CC/C=C\C/C=C\C/C=C\C/C=C\CCCCCCCCCCCCCCCCCCCCCCCCCCCCCCC(=O)OC(COC(=O)CCCCCCC/C=C\CCCC)COC(OCC[N+](C)(C)C)C(=O)O. The molecule has 448 valence electrons. The largest absolute Gasteiger partial charge is 0.477 e. The second-order valence-electron chi connectivity index (χ2n) is 23.0. The number of quaternary nitrogens is 1. The highest BCUT2D eigenvalue weighted by atomic mass is 16.7. The van der Waals surface area contributed by atoms with Crippen LogP contribution in [0, 0.1) is 0 Å². The average molecular weight is 1080 g/mol. The third-order valence-corrected chi connectivity index (χ3v) is 14.3. The number of carboxylic acid groups (broad SMARTS) is 1. The lowest BCUT2D eigenvalue weighted by Gasteiger charge is -2.25. The molecule has 2 unspecified atom stereocenters. The van der Waals surface area contributed by atoms with Crippen molar-refractivity contribution in [1.29, 1.82) is 0 Å². The molecule has 0 rings (SSSR count). The molecule has 0 aliphatic heterocycles. The van der Waals surface area contributed by atoms with Gasteiger partial charge in [-0.25, -0.2) is 4.79 Å². The van der Waals surface area contributed by atoms with E-state index in [1.165, 1.54) is 180 Å². The van der Waals surface area contributed by atoms with Gasteiger partial charge in [0.1, 0.15) is 13.2 Å². The Balaban J connectivity index is 3.86. The summed E-state index contributed by atoms with van der Waals surface area (Å²) in [5.41, 5.74) is 0. The van der Waals surface area contributed by atoms with Gasteiger partial charge in [-0.1, -0.05) is 274 Å². The van der Waals surface area contributed by atoms with Crippen LogP contribution in [-0.2, 0) is 33.3 Å². The lowest BCUT2D eigenvalue weighted by atomic mass is 10.0. The Hall–Kier alpha value is -3.01. The fraction of sp³-hybridized carbons (Fsp3) is 0.809. The monoisotopic (exact) mass is 1080 g/mol. The van der Waals surface area contributed by atoms with Crippen molar-refractivity contribution in [2.75, 3.05) is 47.5 Å². The van der Waals surface area contributed by atoms with Crippen LogP contribution >= 0.6 is 0 Å². The number of ether oxygens (including phenoxy) is 4. The predicted molar refractivity (Wildman–Crippen MR) is 327 cm³/mol. The standard InChI is InChI=1S/C68H123NO8/c1-6-8-10-12-14-16-18-19-20-21-22-23-24-25-26-27-28-29-30-31-32-33-34-35-36-37-38-39-40-41-42-43-44-45-46-47-49-51-53-55-57-59-66(71)77-64(63-76-68(67(72)73)74-61-60-69(3,4)5)62-75-65(70)58-56-54-52-50-48-17-15-13-11-9-7-2/h8,10,13-16,19-20,22-23,64,68H,6-7,9,11-12,17-18,21,24-63H2,1-5H3/p+1/b10-8-,15-13-,16-14-,20-19-,23-22-. The van der Waals surface area contributed by atoms with Crippen molar-refractivity contribution >= 4 is 17.9 Å². The summed E-state index contributed by atoms with van der Waals surface area (Å²) in [5, 5.41) is 9.69. The summed E-state index contributed by atoms with van der Waals surface area (Å²) in [6.45, 7) is 4.74. The van der Waals surface area contributed by atoms with Gasteiger partial charge >= 0.3 is 17.9 Å². The van der Waals surface area contributed by atoms with Crippen molar-refractivity contribution in [3.8, 4) is 0 Å². The summed E-state index contributed by atoms with van der Waals surface area (Å²) in [6, 6.07) is 0. The van der Waals surface area contributed by atoms with Gasteiger partial charge in [0.05, 0.1) is 34.4 Å². The summed E-state index contributed by atoms with van der Waals surface area (Å²) < 4.78 is 22.8. The molecule has 0 saturated heterocycles. The van der Waals surface area contributed by atoms with Crippen LogP contribution < -0.4 is 0 Å². The summed E-state index contributed by atoms with van der Waals surface area (Å²) in [7, 11) is 5.97. The van der Waals surface area contributed by atoms with Crippen LogP contribution in [0.5, 0.6) is 0 Å². The van der Waals surface area contributed by atoms with Crippen molar-refractivity contribution in [2.45, 2.75) is 309 Å². The van der Waals surface area contributed by atoms with Crippen LogP contribution in [0.1, 0.15) is 296 Å². The number of hydrogen-bond donors (Lipinski definition) is 1. The first kappa shape index (κ1) is 74.0. The van der Waals surface area contributed by atoms with Crippen molar-refractivity contribution in [3.05, 3.63) is 60.8 Å². The molecule has 0 bridgehead atoms. The molecule has 9 heteroatoms. The molecule has 0 aromatic heterocycles. The molecule has 0 heterocycles. The zero-order valence-electron chi connectivity index (χ0n) is 51.1. The molecule has 1 N–H and O–H groups in total. The molecule has 0 radical (unpaired) electrons. The minimum absolute atomic E-state index is 0.183. The topological polar surface area (TPSA) is 108 Å². The zero-order valence-corrected chi connectivity index (χ0v) is 51.1. The van der Waals surface area contributed by atoms with Crippen LogP contribution in [0.4, 0.5) is 0 Å². The highest BCUT2D eigenvalue weighted by molar-refractivity contribution is 5.71. The summed E-state index contributed by atoms with van der Waals surface area (Å²) in [6.07, 6.45) is 73.6. The number of unbranched alkanes of at least 4 members (excludes halogenated alkanes) is 35. The molecule has 0 aromatic rings. The van der Waals surface area contributed by atoms with E-state index in [4.69, 9.17) is 18.9 Å². The van der Waals surface area contributed by atoms with Crippen LogP contribution in [0.2, 0.25) is 0 Å². The number of likely N-dealkylation sites (N-methyl/N-ethyl adjacent to an activating group) is 1. The van der Waals surface area contributed by atoms with E-state index in [0.717, 1.165) is 89.9 Å². The van der Waals surface area contributed by atoms with Gasteiger partial charge in [0, 0.05) is 12.8 Å². The third-order valence-electron chi connectivity index (χ3n) is 14.3. The predicted octanol–water partition coefficient (Wildman–Crippen LogP) is 19.6. The second-order valence-corrected chi connectivity index (χ2v) is 23.0. The van der Waals surface area contributed by atoms with Gasteiger partial charge < -0.3 is 28.5 Å². The Morgan fingerprint density at radius 3 is 1.12 bits per heavy atom. The maximum absolute atomic E-state index is 12.9. The van der Waals surface area contributed by atoms with E-state index in [2.05, 4.69) is 74.6 Å². The minimum atomic E-state index is -1.51. The number of carboxylic acids is 1. The summed E-state index contributed by atoms with van der Waals surface area (Å²) >= 11 is 0. The average Bonchev–Trinajstić information content (AvgIpc) is 3.40. The zero-order chi connectivity index (χ0) is 56.2. The molecule has 0 fully saturated rings. The Kier molecular flexibility index (Phi) is 56.8. The van der Waals surface area contributed by atoms with Crippen LogP contribution in [0.3, 0.4) is 0 Å². The molecule has 0 spiro atoms. The summed E-state index contributed by atoms with van der Waals surface area (Å²) in [4.78, 5) is 37.3. The van der Waals surface area contributed by atoms with Crippen LogP contribution in [0.25, 0.3) is 0 Å². The fourth-order valence-electron chi connectivity index (χ4n) is 9.28. The normalized spacial score (nSPS) is 13.1. The molecule has 2 atom stereocenters. The highest BCUT2D eigenvalue weighted by Crippen LogP contribution is 2.18. The smallest absolute Gasteiger partial charge is 0.361 e. The van der Waals surface area contributed by atoms with Crippen molar-refractivity contribution < 1.29 is 42.9 Å². The molecular formula is C68H124NO8+. The quantitative estimate of drug-likeness (QED) is 0.0211. The molecule has 0 amide bonds. The van der Waals surface area contributed by atoms with Crippen LogP contribution in [0.15, 0.2) is 60.8 Å². The number of esters is 2. The third kappa shape index (κ3) is 60.5. The van der Waals surface area contributed by atoms with E-state index in [0.29, 0.717) is 17.4 Å². The van der Waals surface area contributed by atoms with Gasteiger partial charge in [-0.15, -0.1) is 0 Å². The first-order chi connectivity index (χ1) is 37.6. The van der Waals surface area contributed by atoms with Gasteiger partial charge in [-0.3, -0.25) is 9.59 Å². The van der Waals surface area contributed by atoms with Crippen molar-refractivity contribution in [2.24, 2.45) is 0 Å². The fourth-order valence-corrected chi connectivity index (χ4v) is 9.28. The lowest BCUT2D eigenvalue weighted by molar-refractivity contribution is -0.870. The lowest BCUT2D eigenvalue weighted by Crippen LogP contribution is -2.40. The first-order valence-corrected chi connectivity index (χ1v) is 32.5. The Labute approximate surface area is 475 Å². The highest BCUT2D eigenvalue weighted by Gasteiger charge is 2.25. The number of rotatable bonds is 60. The van der Waals surface area contributed by atoms with Gasteiger partial charge in [-0.05, 0) is 70.6 Å². The molecule has 0 aliphatic carbocycles. The molecule has 9 nitrogen and oxygen atoms in total. The first-order valence-electron chi connectivity index (χ1n) is 32.5. The van der Waals surface area contributed by atoms with E-state index in [1.807, 2.05) is 21.1 Å². The van der Waals surface area contributed by atoms with Gasteiger partial charge in [0.15, 0.2) is 6.10 Å². The van der Waals surface area contributed by atoms with Crippen molar-refractivity contribution in [3.63, 3.8) is 0 Å². The number of nitrogens with zero attached hydrogens (tertiary/aromatic N) is 1. The molecule has 77 heavy (non-hydrogen) atoms. The Bertz CT molecular complexity index is 1450. The molecule has 0 aliphatic rings. The van der Waals surface area contributed by atoms with Gasteiger partial charge in [0.25, 0.3) is 6.29 Å². The van der Waals surface area contributed by atoms with E-state index in [-0.39, 0.29) is 32.2 Å². The van der Waals surface area contributed by atoms with Crippen molar-refractivity contribution in [1.82, 2.24) is 0 Å². The number of aliphatic carboxylic acids is 1. The number of allylic oxidation sites excluding steroid dienone is 10. The Morgan fingerprint density at radius 1 is 0.403 bits per heavy atom. The minimum Gasteiger partial charge on any atom is -0.477 e. The maximum Gasteiger partial charge on any atom is 0.361 e. The van der Waals surface area contributed by atoms with Gasteiger partial charge in [0.2, 0.25) is 0 Å². The van der Waals surface area contributed by atoms with Crippen LogP contribution in [-0.4, -0.2) is 87.4 Å². The molecule has 0 aromatic carbocycles. The number of hydrogen-bond acceptors (Lipinski definition) is 7. The second kappa shape index (κ2) is 59.1. The molecular weight excluding hydrogens is 959 g/mol. The van der Waals surface area contributed by atoms with E-state index in [1.54, 1.807) is 0 Å². The number of carbonyl (C=O) groups excluding carboxylic acids is 2.